The molecule has 0 heterocycles. The molecule has 2 rings (SSSR count). The first-order valence-electron chi connectivity index (χ1n) is 5.86. The number of allylic oxidation sites excluding steroid dienone is 8. The van der Waals surface area contributed by atoms with Crippen molar-refractivity contribution in [3.8, 4) is 0 Å². The summed E-state index contributed by atoms with van der Waals surface area (Å²) in [6, 6.07) is 0. The minimum atomic E-state index is -0.199. The van der Waals surface area contributed by atoms with Crippen LogP contribution in [0.4, 0.5) is 0 Å². The molecule has 0 aliphatic heterocycles. The van der Waals surface area contributed by atoms with Crippen LogP contribution in [-0.2, 0) is 22.3 Å². The fraction of sp³-hybridized carbons (Fsp3) is 0.375. The molecule has 0 bridgehead atoms. The predicted molar refractivity (Wildman–Crippen MR) is 90.3 cm³/mol. The van der Waals surface area contributed by atoms with E-state index < -0.39 is 0 Å². The van der Waals surface area contributed by atoms with Crippen LogP contribution >= 0.6 is 24.8 Å². The zero-order valence-electron chi connectivity index (χ0n) is 12.2. The van der Waals surface area contributed by atoms with E-state index in [0.717, 1.165) is 12.8 Å². The Labute approximate surface area is 142 Å². The van der Waals surface area contributed by atoms with Crippen LogP contribution in [0.1, 0.15) is 40.5 Å². The summed E-state index contributed by atoms with van der Waals surface area (Å²) in [5, 5.41) is 0. The van der Waals surface area contributed by atoms with Gasteiger partial charge in [0, 0.05) is 0 Å². The second-order valence-corrected chi connectivity index (χ2v) is 7.51. The summed E-state index contributed by atoms with van der Waals surface area (Å²) in [4.78, 5) is 0. The third-order valence-corrected chi connectivity index (χ3v) is 3.83. The molecule has 3 heteroatoms. The summed E-state index contributed by atoms with van der Waals surface area (Å²) in [5.74, 6) is 0. The quantitative estimate of drug-likeness (QED) is 0.523. The van der Waals surface area contributed by atoms with Gasteiger partial charge in [-0.25, -0.2) is 23.3 Å². The van der Waals surface area contributed by atoms with Crippen molar-refractivity contribution in [1.29, 1.82) is 0 Å². The minimum absolute atomic E-state index is 0. The van der Waals surface area contributed by atoms with Crippen molar-refractivity contribution >= 4 is 32.2 Å². The van der Waals surface area contributed by atoms with E-state index in [4.69, 9.17) is 0 Å². The number of hydrogen-bond donors (Lipinski definition) is 0. The molecule has 0 unspecified atom stereocenters. The first kappa shape index (κ1) is 24.2. The predicted octanol–water partition coefficient (Wildman–Crippen LogP) is 4.95. The average Bonchev–Trinajstić information content (AvgIpc) is 2.93. The standard InChI is InChI=1S/2C6H7.C3H6.CH2.2ClH.Zr/c2*1-6-4-2-3-5-6;1-3-2;;;;/h2*4-5H,2H2,1H3;1-2H3;1H2;2*1H;/q2*-1;;;;;. The van der Waals surface area contributed by atoms with E-state index in [0.29, 0.717) is 0 Å². The summed E-state index contributed by atoms with van der Waals surface area (Å²) in [6.07, 6.45) is 16.5. The first-order valence-corrected chi connectivity index (χ1v) is 8.83. The molecule has 0 N–H and O–H groups in total. The molecule has 0 radical (unpaired) electrons. The topological polar surface area (TPSA) is 0 Å². The van der Waals surface area contributed by atoms with Crippen molar-refractivity contribution < 1.29 is 22.3 Å². The van der Waals surface area contributed by atoms with E-state index in [1.807, 2.05) is 12.2 Å². The van der Waals surface area contributed by atoms with Gasteiger partial charge in [-0.05, 0) is 0 Å². The Morgan fingerprint density at radius 2 is 1.32 bits per heavy atom. The van der Waals surface area contributed by atoms with Crippen molar-refractivity contribution in [3.05, 3.63) is 47.6 Å². The van der Waals surface area contributed by atoms with Crippen molar-refractivity contribution in [3.63, 3.8) is 0 Å². The first-order chi connectivity index (χ1) is 8.06. The molecule has 0 aromatic rings. The van der Waals surface area contributed by atoms with E-state index in [1.54, 1.807) is 3.21 Å². The SMILES string of the molecule is CC1=CC[C-]=C1.CC1=CC[C-]=C1.Cl.Cl.[CH2]=[Zr]=[C](C)C. The Balaban J connectivity index is -0.000000193. The molecule has 0 atom stereocenters. The molecule has 0 amide bonds. The summed E-state index contributed by atoms with van der Waals surface area (Å²) in [7, 11) is 0. The summed E-state index contributed by atoms with van der Waals surface area (Å²) < 4.78 is 5.38. The zero-order chi connectivity index (χ0) is 13.1. The van der Waals surface area contributed by atoms with Gasteiger partial charge in [-0.3, -0.25) is 12.2 Å². The Kier molecular flexibility index (Phi) is 20.7. The van der Waals surface area contributed by atoms with Crippen LogP contribution in [0.25, 0.3) is 0 Å². The number of hydrogen-bond acceptors (Lipinski definition) is 0. The normalized spacial score (nSPS) is 13.3. The molecular formula is C16H24Cl2Zr-2. The van der Waals surface area contributed by atoms with Gasteiger partial charge in [0.25, 0.3) is 0 Å². The van der Waals surface area contributed by atoms with Crippen LogP contribution in [0.15, 0.2) is 35.5 Å². The van der Waals surface area contributed by atoms with Gasteiger partial charge in [-0.1, -0.05) is 0 Å². The van der Waals surface area contributed by atoms with E-state index in [1.165, 1.54) is 11.1 Å². The van der Waals surface area contributed by atoms with Gasteiger partial charge in [0.2, 0.25) is 0 Å². The second kappa shape index (κ2) is 16.2. The third-order valence-electron chi connectivity index (χ3n) is 2.10. The van der Waals surface area contributed by atoms with Crippen molar-refractivity contribution in [2.24, 2.45) is 0 Å². The summed E-state index contributed by atoms with van der Waals surface area (Å²) in [5.41, 5.74) is 2.69. The fourth-order valence-electron chi connectivity index (χ4n) is 0.998. The average molecular weight is 378 g/mol. The zero-order valence-corrected chi connectivity index (χ0v) is 16.3. The molecule has 108 valence electrons. The van der Waals surface area contributed by atoms with Gasteiger partial charge in [0.1, 0.15) is 0 Å². The molecule has 0 aromatic carbocycles. The van der Waals surface area contributed by atoms with Crippen LogP contribution in [-0.4, -0.2) is 7.42 Å². The van der Waals surface area contributed by atoms with Gasteiger partial charge in [-0.15, -0.1) is 51.5 Å². The van der Waals surface area contributed by atoms with Crippen molar-refractivity contribution in [2.45, 2.75) is 40.5 Å². The van der Waals surface area contributed by atoms with Crippen molar-refractivity contribution in [1.82, 2.24) is 0 Å². The van der Waals surface area contributed by atoms with Crippen molar-refractivity contribution in [2.75, 3.05) is 0 Å². The maximum atomic E-state index is 3.82. The Bertz CT molecular complexity index is 357. The van der Waals surface area contributed by atoms with Gasteiger partial charge >= 0.3 is 43.5 Å². The molecule has 0 nitrogen and oxygen atoms in total. The van der Waals surface area contributed by atoms with E-state index >= 15 is 0 Å². The van der Waals surface area contributed by atoms with Crippen LogP contribution in [0.5, 0.6) is 0 Å². The van der Waals surface area contributed by atoms with Crippen LogP contribution in [0, 0.1) is 12.2 Å². The molecule has 0 saturated carbocycles. The van der Waals surface area contributed by atoms with Gasteiger partial charge in [0.15, 0.2) is 0 Å². The monoisotopic (exact) mass is 376 g/mol. The van der Waals surface area contributed by atoms with Crippen LogP contribution in [0.2, 0.25) is 0 Å². The summed E-state index contributed by atoms with van der Waals surface area (Å²) >= 11 is -0.199. The Morgan fingerprint density at radius 1 is 1.00 bits per heavy atom. The van der Waals surface area contributed by atoms with Crippen LogP contribution in [0.3, 0.4) is 0 Å². The van der Waals surface area contributed by atoms with Crippen LogP contribution < -0.4 is 0 Å². The maximum absolute atomic E-state index is 3.82. The Hall–Kier alpha value is 0.163. The third kappa shape index (κ3) is 18.2. The van der Waals surface area contributed by atoms with E-state index in [2.05, 4.69) is 56.2 Å². The molecule has 0 spiro atoms. The molecule has 19 heavy (non-hydrogen) atoms. The van der Waals surface area contributed by atoms with E-state index in [9.17, 15) is 0 Å². The van der Waals surface area contributed by atoms with E-state index in [-0.39, 0.29) is 47.1 Å². The molecular weight excluding hydrogens is 354 g/mol. The number of rotatable bonds is 0. The summed E-state index contributed by atoms with van der Waals surface area (Å²) in [6.45, 7) is 8.47. The second-order valence-electron chi connectivity index (χ2n) is 4.18. The van der Waals surface area contributed by atoms with Gasteiger partial charge < -0.3 is 0 Å². The molecule has 2 aliphatic carbocycles. The number of halogens is 2. The fourth-order valence-corrected chi connectivity index (χ4v) is 0.998. The van der Waals surface area contributed by atoms with Gasteiger partial charge in [-0.2, -0.15) is 12.2 Å². The molecule has 0 saturated heterocycles. The van der Waals surface area contributed by atoms with Gasteiger partial charge in [0.05, 0.1) is 0 Å². The molecule has 0 aromatic heterocycles. The Morgan fingerprint density at radius 3 is 1.37 bits per heavy atom. The molecule has 2 aliphatic rings. The molecule has 0 fully saturated rings.